The van der Waals surface area contributed by atoms with Crippen LogP contribution < -0.4 is 5.32 Å². The third-order valence-electron chi connectivity index (χ3n) is 2.55. The summed E-state index contributed by atoms with van der Waals surface area (Å²) in [4.78, 5) is 12.9. The fourth-order valence-corrected chi connectivity index (χ4v) is 1.80. The smallest absolute Gasteiger partial charge is 0.329 e. The number of nitrogens with one attached hydrogen (secondary N) is 1. The maximum Gasteiger partial charge on any atom is 0.405 e. The molecule has 0 bridgehead atoms. The monoisotopic (exact) mass is 224 g/mol. The molecule has 1 saturated heterocycles. The number of hydrogen-bond acceptors (Lipinski definition) is 1. The maximum absolute atomic E-state index is 11.8. The summed E-state index contributed by atoms with van der Waals surface area (Å²) in [6.45, 7) is 1.24. The summed E-state index contributed by atoms with van der Waals surface area (Å²) in [6.07, 6.45) is -1.79. The zero-order valence-electron chi connectivity index (χ0n) is 8.60. The fraction of sp³-hybridized carbons (Fsp3) is 0.889. The van der Waals surface area contributed by atoms with Crippen LogP contribution in [0, 0.1) is 0 Å². The van der Waals surface area contributed by atoms with Crippen LogP contribution in [-0.2, 0) is 0 Å². The highest BCUT2D eigenvalue weighted by atomic mass is 19.4. The van der Waals surface area contributed by atoms with Crippen LogP contribution in [0.3, 0.4) is 0 Å². The Hall–Kier alpha value is -0.940. The zero-order valence-corrected chi connectivity index (χ0v) is 8.60. The molecule has 0 radical (unpaired) electrons. The van der Waals surface area contributed by atoms with Crippen molar-refractivity contribution in [3.63, 3.8) is 0 Å². The Morgan fingerprint density at radius 2 is 2.20 bits per heavy atom. The number of nitrogens with zero attached hydrogens (tertiary/aromatic N) is 1. The van der Waals surface area contributed by atoms with E-state index in [1.165, 1.54) is 4.90 Å². The van der Waals surface area contributed by atoms with E-state index >= 15 is 0 Å². The standard InChI is InChI=1S/C9H15F3N2O/c1-2-7-4-3-5-14(7)8(15)13-6-9(10,11)12/h7H,2-6H2,1H3,(H,13,15). The zero-order chi connectivity index (χ0) is 11.5. The molecule has 0 aromatic rings. The minimum atomic E-state index is -4.34. The minimum Gasteiger partial charge on any atom is -0.329 e. The summed E-state index contributed by atoms with van der Waals surface area (Å²) in [5.41, 5.74) is 0. The Morgan fingerprint density at radius 3 is 2.73 bits per heavy atom. The Balaban J connectivity index is 2.40. The molecule has 0 spiro atoms. The van der Waals surface area contributed by atoms with Crippen LogP contribution in [0.25, 0.3) is 0 Å². The molecule has 1 atom stereocenters. The van der Waals surface area contributed by atoms with Crippen molar-refractivity contribution in [3.05, 3.63) is 0 Å². The summed E-state index contributed by atoms with van der Waals surface area (Å²) in [5, 5.41) is 1.89. The third-order valence-corrected chi connectivity index (χ3v) is 2.55. The highest BCUT2D eigenvalue weighted by molar-refractivity contribution is 5.74. The van der Waals surface area contributed by atoms with E-state index in [9.17, 15) is 18.0 Å². The molecule has 0 aliphatic carbocycles. The van der Waals surface area contributed by atoms with Gasteiger partial charge in [-0.2, -0.15) is 13.2 Å². The number of urea groups is 1. The number of amides is 2. The molecule has 1 unspecified atom stereocenters. The van der Waals surface area contributed by atoms with Gasteiger partial charge in [-0.1, -0.05) is 6.92 Å². The van der Waals surface area contributed by atoms with Crippen LogP contribution in [0.15, 0.2) is 0 Å². The van der Waals surface area contributed by atoms with E-state index in [0.717, 1.165) is 19.3 Å². The normalized spacial score (nSPS) is 21.9. The van der Waals surface area contributed by atoms with Gasteiger partial charge in [-0.3, -0.25) is 0 Å². The SMILES string of the molecule is CCC1CCCN1C(=O)NCC(F)(F)F. The molecule has 0 saturated carbocycles. The van der Waals surface area contributed by atoms with E-state index in [1.54, 1.807) is 0 Å². The van der Waals surface area contributed by atoms with Crippen molar-refractivity contribution < 1.29 is 18.0 Å². The van der Waals surface area contributed by atoms with E-state index < -0.39 is 18.8 Å². The second kappa shape index (κ2) is 4.72. The van der Waals surface area contributed by atoms with Crippen molar-refractivity contribution in [3.8, 4) is 0 Å². The molecule has 1 aliphatic heterocycles. The summed E-state index contributed by atoms with van der Waals surface area (Å²) >= 11 is 0. The fourth-order valence-electron chi connectivity index (χ4n) is 1.80. The highest BCUT2D eigenvalue weighted by Gasteiger charge is 2.31. The van der Waals surface area contributed by atoms with Gasteiger partial charge in [-0.25, -0.2) is 4.79 Å². The predicted molar refractivity (Wildman–Crippen MR) is 49.5 cm³/mol. The molecule has 6 heteroatoms. The minimum absolute atomic E-state index is 0.0956. The van der Waals surface area contributed by atoms with Crippen molar-refractivity contribution in [1.82, 2.24) is 10.2 Å². The summed E-state index contributed by atoms with van der Waals surface area (Å²) in [6, 6.07) is -0.505. The average Bonchev–Trinajstić information content (AvgIpc) is 2.60. The molecule has 1 aliphatic rings. The van der Waals surface area contributed by atoms with Crippen LogP contribution in [0.2, 0.25) is 0 Å². The van der Waals surface area contributed by atoms with Crippen molar-refractivity contribution in [1.29, 1.82) is 0 Å². The highest BCUT2D eigenvalue weighted by Crippen LogP contribution is 2.20. The lowest BCUT2D eigenvalue weighted by Gasteiger charge is -2.24. The number of alkyl halides is 3. The van der Waals surface area contributed by atoms with Crippen molar-refractivity contribution >= 4 is 6.03 Å². The number of likely N-dealkylation sites (tertiary alicyclic amines) is 1. The number of halogens is 3. The molecule has 0 aromatic heterocycles. The first kappa shape index (κ1) is 12.1. The van der Waals surface area contributed by atoms with E-state index in [2.05, 4.69) is 0 Å². The lowest BCUT2D eigenvalue weighted by atomic mass is 10.2. The van der Waals surface area contributed by atoms with E-state index in [4.69, 9.17) is 0 Å². The number of hydrogen-bond donors (Lipinski definition) is 1. The van der Waals surface area contributed by atoms with E-state index in [-0.39, 0.29) is 6.04 Å². The maximum atomic E-state index is 11.8. The van der Waals surface area contributed by atoms with Crippen LogP contribution >= 0.6 is 0 Å². The first-order valence-electron chi connectivity index (χ1n) is 5.05. The Kier molecular flexibility index (Phi) is 3.82. The van der Waals surface area contributed by atoms with Gasteiger partial charge in [0.1, 0.15) is 6.54 Å². The van der Waals surface area contributed by atoms with Crippen molar-refractivity contribution in [2.24, 2.45) is 0 Å². The van der Waals surface area contributed by atoms with E-state index in [0.29, 0.717) is 6.54 Å². The molecule has 1 heterocycles. The second-order valence-electron chi connectivity index (χ2n) is 3.67. The number of carbonyl (C=O) groups is 1. The quantitative estimate of drug-likeness (QED) is 0.765. The first-order valence-corrected chi connectivity index (χ1v) is 5.05. The van der Waals surface area contributed by atoms with Crippen LogP contribution in [0.4, 0.5) is 18.0 Å². The van der Waals surface area contributed by atoms with Crippen LogP contribution in [-0.4, -0.2) is 36.2 Å². The second-order valence-corrected chi connectivity index (χ2v) is 3.67. The van der Waals surface area contributed by atoms with E-state index in [1.807, 2.05) is 12.2 Å². The molecule has 2 amide bonds. The van der Waals surface area contributed by atoms with Gasteiger partial charge in [-0.15, -0.1) is 0 Å². The summed E-state index contributed by atoms with van der Waals surface area (Å²) in [5.74, 6) is 0. The van der Waals surface area contributed by atoms with Crippen molar-refractivity contribution in [2.45, 2.75) is 38.4 Å². The Morgan fingerprint density at radius 1 is 1.53 bits per heavy atom. The van der Waals surface area contributed by atoms with Crippen LogP contribution in [0.5, 0.6) is 0 Å². The van der Waals surface area contributed by atoms with Crippen molar-refractivity contribution in [2.75, 3.05) is 13.1 Å². The van der Waals surface area contributed by atoms with Gasteiger partial charge >= 0.3 is 12.2 Å². The molecule has 3 nitrogen and oxygen atoms in total. The Bertz CT molecular complexity index is 230. The molecule has 15 heavy (non-hydrogen) atoms. The summed E-state index contributed by atoms with van der Waals surface area (Å²) in [7, 11) is 0. The number of rotatable bonds is 2. The van der Waals surface area contributed by atoms with Gasteiger partial charge in [0.15, 0.2) is 0 Å². The van der Waals surface area contributed by atoms with Gasteiger partial charge in [0.2, 0.25) is 0 Å². The Labute approximate surface area is 86.6 Å². The molecule has 1 fully saturated rings. The van der Waals surface area contributed by atoms with Gasteiger partial charge in [-0.05, 0) is 19.3 Å². The van der Waals surface area contributed by atoms with Gasteiger partial charge in [0.25, 0.3) is 0 Å². The molecular weight excluding hydrogens is 209 g/mol. The molecule has 1 N–H and O–H groups in total. The molecule has 88 valence electrons. The van der Waals surface area contributed by atoms with Crippen LogP contribution in [0.1, 0.15) is 26.2 Å². The third kappa shape index (κ3) is 3.60. The largest absolute Gasteiger partial charge is 0.405 e. The molecular formula is C9H15F3N2O. The lowest BCUT2D eigenvalue weighted by Crippen LogP contribution is -2.45. The summed E-state index contributed by atoms with van der Waals surface area (Å²) < 4.78 is 35.5. The molecule has 0 aromatic carbocycles. The topological polar surface area (TPSA) is 32.3 Å². The number of carbonyl (C=O) groups excluding carboxylic acids is 1. The average molecular weight is 224 g/mol. The lowest BCUT2D eigenvalue weighted by molar-refractivity contribution is -0.123. The van der Waals surface area contributed by atoms with Gasteiger partial charge in [0.05, 0.1) is 0 Å². The predicted octanol–water partition coefficient (Wildman–Crippen LogP) is 2.13. The molecule has 1 rings (SSSR count). The van der Waals surface area contributed by atoms with Gasteiger partial charge < -0.3 is 10.2 Å². The van der Waals surface area contributed by atoms with Gasteiger partial charge in [0, 0.05) is 12.6 Å². The first-order chi connectivity index (χ1) is 6.94.